The molecule has 16 heavy (non-hydrogen) atoms. The summed E-state index contributed by atoms with van der Waals surface area (Å²) in [6.45, 7) is 3.00. The summed E-state index contributed by atoms with van der Waals surface area (Å²) < 4.78 is 5.35. The molecule has 3 nitrogen and oxygen atoms in total. The molecule has 1 aromatic rings. The first kappa shape index (κ1) is 11.2. The molecule has 0 spiro atoms. The van der Waals surface area contributed by atoms with Gasteiger partial charge < -0.3 is 9.73 Å². The van der Waals surface area contributed by atoms with Crippen LogP contribution < -0.4 is 5.32 Å². The Morgan fingerprint density at radius 2 is 2.12 bits per heavy atom. The van der Waals surface area contributed by atoms with Gasteiger partial charge in [0.2, 0.25) is 5.76 Å². The fourth-order valence-electron chi connectivity index (χ4n) is 2.34. The van der Waals surface area contributed by atoms with Crippen molar-refractivity contribution in [1.82, 2.24) is 5.32 Å². The molecule has 1 aliphatic carbocycles. The van der Waals surface area contributed by atoms with Crippen LogP contribution in [0.4, 0.5) is 0 Å². The van der Waals surface area contributed by atoms with Crippen molar-refractivity contribution >= 4 is 0 Å². The molecule has 1 aromatic heterocycles. The molecular weight excluding hydrogens is 200 g/mol. The number of furan rings is 1. The number of hydrogen-bond donors (Lipinski definition) is 1. The van der Waals surface area contributed by atoms with E-state index in [1.54, 1.807) is 6.07 Å². The minimum atomic E-state index is 0.248. The highest BCUT2D eigenvalue weighted by Gasteiger charge is 2.25. The first-order valence-corrected chi connectivity index (χ1v) is 5.96. The maximum Gasteiger partial charge on any atom is 0.203 e. The van der Waals surface area contributed by atoms with Gasteiger partial charge >= 0.3 is 0 Å². The van der Waals surface area contributed by atoms with Crippen molar-refractivity contribution in [3.63, 3.8) is 0 Å². The summed E-state index contributed by atoms with van der Waals surface area (Å²) in [6.07, 6.45) is 6.45. The van der Waals surface area contributed by atoms with Crippen LogP contribution in [-0.4, -0.2) is 5.54 Å². The Labute approximate surface area is 96.4 Å². The minimum Gasteiger partial charge on any atom is -0.449 e. The molecule has 1 saturated carbocycles. The van der Waals surface area contributed by atoms with E-state index < -0.39 is 0 Å². The smallest absolute Gasteiger partial charge is 0.203 e. The van der Waals surface area contributed by atoms with Gasteiger partial charge in [0.15, 0.2) is 0 Å². The van der Waals surface area contributed by atoms with E-state index >= 15 is 0 Å². The Bertz CT molecular complexity index is 383. The maximum atomic E-state index is 8.65. The molecule has 0 aliphatic heterocycles. The fraction of sp³-hybridized carbons (Fsp3) is 0.615. The predicted molar refractivity (Wildman–Crippen MR) is 61.8 cm³/mol. The molecule has 0 atom stereocenters. The summed E-state index contributed by atoms with van der Waals surface area (Å²) in [5.74, 6) is 1.24. The number of nitriles is 1. The predicted octanol–water partition coefficient (Wildman–Crippen LogP) is 2.96. The van der Waals surface area contributed by atoms with E-state index in [0.29, 0.717) is 5.76 Å². The van der Waals surface area contributed by atoms with Crippen LogP contribution in [0.2, 0.25) is 0 Å². The van der Waals surface area contributed by atoms with E-state index in [1.165, 1.54) is 32.1 Å². The topological polar surface area (TPSA) is 49.0 Å². The zero-order chi connectivity index (χ0) is 11.4. The van der Waals surface area contributed by atoms with Crippen LogP contribution >= 0.6 is 0 Å². The van der Waals surface area contributed by atoms with Gasteiger partial charge in [-0.25, -0.2) is 0 Å². The lowest BCUT2D eigenvalue weighted by Crippen LogP contribution is -2.43. The molecule has 86 valence electrons. The van der Waals surface area contributed by atoms with Gasteiger partial charge in [-0.05, 0) is 31.9 Å². The first-order chi connectivity index (χ1) is 7.72. The highest BCUT2D eigenvalue weighted by atomic mass is 16.3. The Hall–Kier alpha value is -1.27. The number of hydrogen-bond acceptors (Lipinski definition) is 3. The molecule has 0 aromatic carbocycles. The standard InChI is InChI=1S/C13H18N2O/c1-13(7-3-2-4-8-13)15-10-12-6-5-11(9-14)16-12/h5-6,15H,2-4,7-8,10H2,1H3. The Balaban J connectivity index is 1.89. The highest BCUT2D eigenvalue weighted by Crippen LogP contribution is 2.27. The normalized spacial score (nSPS) is 19.2. The second-order valence-electron chi connectivity index (χ2n) is 4.85. The van der Waals surface area contributed by atoms with Crippen LogP contribution in [0.5, 0.6) is 0 Å². The zero-order valence-corrected chi connectivity index (χ0v) is 9.75. The van der Waals surface area contributed by atoms with Gasteiger partial charge in [0.1, 0.15) is 11.8 Å². The largest absolute Gasteiger partial charge is 0.449 e. The van der Waals surface area contributed by atoms with Crippen LogP contribution in [0, 0.1) is 11.3 Å². The lowest BCUT2D eigenvalue weighted by molar-refractivity contribution is 0.245. The summed E-state index contributed by atoms with van der Waals surface area (Å²) in [7, 11) is 0. The highest BCUT2D eigenvalue weighted by molar-refractivity contribution is 5.19. The molecule has 0 unspecified atom stereocenters. The van der Waals surface area contributed by atoms with Gasteiger partial charge in [0, 0.05) is 5.54 Å². The van der Waals surface area contributed by atoms with E-state index in [1.807, 2.05) is 12.1 Å². The molecule has 1 heterocycles. The van der Waals surface area contributed by atoms with Crippen molar-refractivity contribution in [1.29, 1.82) is 5.26 Å². The van der Waals surface area contributed by atoms with Gasteiger partial charge in [0.05, 0.1) is 6.54 Å². The van der Waals surface area contributed by atoms with Crippen LogP contribution in [0.15, 0.2) is 16.5 Å². The molecule has 1 fully saturated rings. The van der Waals surface area contributed by atoms with Crippen molar-refractivity contribution in [2.75, 3.05) is 0 Å². The molecule has 3 heteroatoms. The summed E-state index contributed by atoms with van der Waals surface area (Å²) in [5, 5.41) is 12.2. The van der Waals surface area contributed by atoms with Crippen molar-refractivity contribution in [3.05, 3.63) is 23.7 Å². The molecule has 0 amide bonds. The lowest BCUT2D eigenvalue weighted by Gasteiger charge is -2.34. The van der Waals surface area contributed by atoms with E-state index in [-0.39, 0.29) is 5.54 Å². The zero-order valence-electron chi connectivity index (χ0n) is 9.75. The molecule has 1 aliphatic rings. The molecule has 1 N–H and O–H groups in total. The lowest BCUT2D eigenvalue weighted by atomic mass is 9.83. The van der Waals surface area contributed by atoms with E-state index in [0.717, 1.165) is 12.3 Å². The second kappa shape index (κ2) is 4.71. The summed E-state index contributed by atoms with van der Waals surface area (Å²) >= 11 is 0. The van der Waals surface area contributed by atoms with Crippen molar-refractivity contribution in [2.45, 2.75) is 51.1 Å². The van der Waals surface area contributed by atoms with Crippen molar-refractivity contribution < 1.29 is 4.42 Å². The van der Waals surface area contributed by atoms with Crippen LogP contribution in [0.25, 0.3) is 0 Å². The molecule has 0 bridgehead atoms. The van der Waals surface area contributed by atoms with Crippen LogP contribution in [-0.2, 0) is 6.54 Å². The van der Waals surface area contributed by atoms with Crippen LogP contribution in [0.1, 0.15) is 50.5 Å². The van der Waals surface area contributed by atoms with Gasteiger partial charge in [0.25, 0.3) is 0 Å². The summed E-state index contributed by atoms with van der Waals surface area (Å²) in [6, 6.07) is 5.60. The summed E-state index contributed by atoms with van der Waals surface area (Å²) in [5.41, 5.74) is 0.248. The summed E-state index contributed by atoms with van der Waals surface area (Å²) in [4.78, 5) is 0. The van der Waals surface area contributed by atoms with Gasteiger partial charge in [-0.2, -0.15) is 5.26 Å². The SMILES string of the molecule is CC1(NCc2ccc(C#N)o2)CCCCC1. The number of rotatable bonds is 3. The van der Waals surface area contributed by atoms with E-state index in [9.17, 15) is 0 Å². The third-order valence-corrected chi connectivity index (χ3v) is 3.42. The molecule has 2 rings (SSSR count). The molecule has 0 radical (unpaired) electrons. The number of nitrogens with zero attached hydrogens (tertiary/aromatic N) is 1. The van der Waals surface area contributed by atoms with Crippen molar-refractivity contribution in [3.8, 4) is 6.07 Å². The average Bonchev–Trinajstić information content (AvgIpc) is 2.75. The Kier molecular flexibility index (Phi) is 3.31. The quantitative estimate of drug-likeness (QED) is 0.848. The van der Waals surface area contributed by atoms with Gasteiger partial charge in [-0.1, -0.05) is 19.3 Å². The second-order valence-corrected chi connectivity index (χ2v) is 4.85. The van der Waals surface area contributed by atoms with E-state index in [4.69, 9.17) is 9.68 Å². The fourth-order valence-corrected chi connectivity index (χ4v) is 2.34. The molecule has 0 saturated heterocycles. The average molecular weight is 218 g/mol. The number of nitrogens with one attached hydrogen (secondary N) is 1. The Morgan fingerprint density at radius 3 is 2.75 bits per heavy atom. The van der Waals surface area contributed by atoms with Gasteiger partial charge in [-0.15, -0.1) is 0 Å². The van der Waals surface area contributed by atoms with E-state index in [2.05, 4.69) is 12.2 Å². The third kappa shape index (κ3) is 2.65. The maximum absolute atomic E-state index is 8.65. The first-order valence-electron chi connectivity index (χ1n) is 5.96. The van der Waals surface area contributed by atoms with Crippen molar-refractivity contribution in [2.24, 2.45) is 0 Å². The molecular formula is C13H18N2O. The third-order valence-electron chi connectivity index (χ3n) is 3.42. The van der Waals surface area contributed by atoms with Crippen LogP contribution in [0.3, 0.4) is 0 Å². The van der Waals surface area contributed by atoms with Gasteiger partial charge in [-0.3, -0.25) is 0 Å². The Morgan fingerprint density at radius 1 is 1.38 bits per heavy atom. The monoisotopic (exact) mass is 218 g/mol. The minimum absolute atomic E-state index is 0.248.